The van der Waals surface area contributed by atoms with E-state index in [1.54, 1.807) is 17.0 Å². The first-order valence-corrected chi connectivity index (χ1v) is 7.07. The summed E-state index contributed by atoms with van der Waals surface area (Å²) in [6.45, 7) is 5.50. The van der Waals surface area contributed by atoms with Crippen LogP contribution in [0.3, 0.4) is 0 Å². The molecule has 1 aromatic rings. The molecule has 0 radical (unpaired) electrons. The SMILES string of the molecule is CC(C)(C)OC(=O)N1[C@@H]2CC[C@@H]1c1cc([N+](=O)[O-])ccc12. The van der Waals surface area contributed by atoms with E-state index in [9.17, 15) is 14.9 Å². The predicted molar refractivity (Wildman–Crippen MR) is 75.9 cm³/mol. The zero-order chi connectivity index (χ0) is 15.4. The minimum Gasteiger partial charge on any atom is -0.444 e. The summed E-state index contributed by atoms with van der Waals surface area (Å²) in [5.74, 6) is 0. The zero-order valence-corrected chi connectivity index (χ0v) is 12.3. The van der Waals surface area contributed by atoms with Gasteiger partial charge in [-0.05, 0) is 50.8 Å². The number of ether oxygens (including phenoxy) is 1. The smallest absolute Gasteiger partial charge is 0.411 e. The van der Waals surface area contributed by atoms with Gasteiger partial charge in [-0.25, -0.2) is 4.79 Å². The number of benzene rings is 1. The summed E-state index contributed by atoms with van der Waals surface area (Å²) in [6.07, 6.45) is 1.38. The highest BCUT2D eigenvalue weighted by molar-refractivity contribution is 5.72. The molecule has 0 spiro atoms. The number of hydrogen-bond acceptors (Lipinski definition) is 4. The molecule has 2 heterocycles. The van der Waals surface area contributed by atoms with Crippen LogP contribution in [0.15, 0.2) is 18.2 Å². The Labute approximate surface area is 122 Å². The normalized spacial score (nSPS) is 23.1. The van der Waals surface area contributed by atoms with Gasteiger partial charge in [0, 0.05) is 12.1 Å². The molecular formula is C15H18N2O4. The van der Waals surface area contributed by atoms with Gasteiger partial charge >= 0.3 is 6.09 Å². The molecule has 0 unspecified atom stereocenters. The average molecular weight is 290 g/mol. The number of hydrogen-bond donors (Lipinski definition) is 0. The van der Waals surface area contributed by atoms with Crippen molar-refractivity contribution in [3.63, 3.8) is 0 Å². The maximum atomic E-state index is 12.4. The average Bonchev–Trinajstić information content (AvgIpc) is 2.92. The lowest BCUT2D eigenvalue weighted by atomic mass is 9.91. The van der Waals surface area contributed by atoms with Crippen molar-refractivity contribution in [1.29, 1.82) is 0 Å². The van der Waals surface area contributed by atoms with E-state index in [1.165, 1.54) is 6.07 Å². The summed E-state index contributed by atoms with van der Waals surface area (Å²) in [5, 5.41) is 10.9. The summed E-state index contributed by atoms with van der Waals surface area (Å²) < 4.78 is 5.46. The lowest BCUT2D eigenvalue weighted by Crippen LogP contribution is -2.34. The number of nitro groups is 1. The van der Waals surface area contributed by atoms with Crippen LogP contribution in [0.2, 0.25) is 0 Å². The molecule has 1 saturated heterocycles. The molecule has 0 saturated carbocycles. The third-order valence-electron chi connectivity index (χ3n) is 3.99. The van der Waals surface area contributed by atoms with Gasteiger partial charge in [-0.1, -0.05) is 0 Å². The van der Waals surface area contributed by atoms with Crippen molar-refractivity contribution >= 4 is 11.8 Å². The van der Waals surface area contributed by atoms with Gasteiger partial charge in [0.05, 0.1) is 17.0 Å². The van der Waals surface area contributed by atoms with Gasteiger partial charge in [-0.2, -0.15) is 0 Å². The van der Waals surface area contributed by atoms with Crippen LogP contribution < -0.4 is 0 Å². The van der Waals surface area contributed by atoms with E-state index < -0.39 is 10.5 Å². The number of nitro benzene ring substituents is 1. The summed E-state index contributed by atoms with van der Waals surface area (Å²) in [5.41, 5.74) is 1.44. The summed E-state index contributed by atoms with van der Waals surface area (Å²) in [6, 6.07) is 4.76. The van der Waals surface area contributed by atoms with Crippen molar-refractivity contribution in [2.45, 2.75) is 51.3 Å². The Kier molecular flexibility index (Phi) is 2.93. The first-order chi connectivity index (χ1) is 9.78. The molecule has 1 fully saturated rings. The number of amides is 1. The molecule has 112 valence electrons. The van der Waals surface area contributed by atoms with Crippen molar-refractivity contribution in [2.24, 2.45) is 0 Å². The van der Waals surface area contributed by atoms with E-state index in [4.69, 9.17) is 4.74 Å². The molecule has 1 aromatic carbocycles. The number of nitrogens with zero attached hydrogens (tertiary/aromatic N) is 2. The van der Waals surface area contributed by atoms with Gasteiger partial charge in [-0.3, -0.25) is 15.0 Å². The number of fused-ring (bicyclic) bond motifs is 5. The van der Waals surface area contributed by atoms with E-state index in [-0.39, 0.29) is 23.9 Å². The van der Waals surface area contributed by atoms with Crippen LogP contribution in [0.25, 0.3) is 0 Å². The van der Waals surface area contributed by atoms with Crippen LogP contribution in [0.4, 0.5) is 10.5 Å². The van der Waals surface area contributed by atoms with Crippen molar-refractivity contribution in [2.75, 3.05) is 0 Å². The minimum absolute atomic E-state index is 0.0133. The molecule has 6 nitrogen and oxygen atoms in total. The molecule has 0 aliphatic carbocycles. The number of carbonyl (C=O) groups is 1. The third-order valence-corrected chi connectivity index (χ3v) is 3.99. The van der Waals surface area contributed by atoms with Crippen molar-refractivity contribution in [3.05, 3.63) is 39.4 Å². The molecule has 0 aromatic heterocycles. The Morgan fingerprint density at radius 3 is 2.48 bits per heavy atom. The molecule has 2 aliphatic rings. The van der Waals surface area contributed by atoms with Crippen molar-refractivity contribution in [1.82, 2.24) is 4.90 Å². The first-order valence-electron chi connectivity index (χ1n) is 7.07. The lowest BCUT2D eigenvalue weighted by molar-refractivity contribution is -0.384. The standard InChI is InChI=1S/C15H18N2O4/c1-15(2,3)21-14(18)16-12-6-7-13(16)11-8-9(17(19)20)4-5-10(11)12/h4-5,8,12-13H,6-7H2,1-3H3/t12-,13-/m1/s1. The van der Waals surface area contributed by atoms with Gasteiger partial charge in [0.1, 0.15) is 5.60 Å². The third kappa shape index (κ3) is 2.24. The van der Waals surface area contributed by atoms with Crippen LogP contribution in [-0.4, -0.2) is 21.5 Å². The van der Waals surface area contributed by atoms with E-state index in [0.29, 0.717) is 0 Å². The van der Waals surface area contributed by atoms with Gasteiger partial charge in [0.2, 0.25) is 0 Å². The summed E-state index contributed by atoms with van der Waals surface area (Å²) in [4.78, 5) is 24.6. The van der Waals surface area contributed by atoms with E-state index in [2.05, 4.69) is 0 Å². The maximum Gasteiger partial charge on any atom is 0.411 e. The Morgan fingerprint density at radius 1 is 1.29 bits per heavy atom. The molecule has 2 aliphatic heterocycles. The van der Waals surface area contributed by atoms with Crippen LogP contribution in [0.1, 0.15) is 56.8 Å². The second-order valence-electron chi connectivity index (χ2n) is 6.57. The summed E-state index contributed by atoms with van der Waals surface area (Å²) >= 11 is 0. The fraction of sp³-hybridized carbons (Fsp3) is 0.533. The Balaban J connectivity index is 1.92. The lowest BCUT2D eigenvalue weighted by Gasteiger charge is -2.27. The highest BCUT2D eigenvalue weighted by atomic mass is 16.6. The van der Waals surface area contributed by atoms with Crippen molar-refractivity contribution in [3.8, 4) is 0 Å². The molecule has 0 N–H and O–H groups in total. The monoisotopic (exact) mass is 290 g/mol. The molecule has 3 rings (SSSR count). The van der Waals surface area contributed by atoms with Crippen molar-refractivity contribution < 1.29 is 14.5 Å². The first kappa shape index (κ1) is 13.9. The van der Waals surface area contributed by atoms with E-state index in [1.807, 2.05) is 20.8 Å². The molecule has 21 heavy (non-hydrogen) atoms. The zero-order valence-electron chi connectivity index (χ0n) is 12.3. The highest BCUT2D eigenvalue weighted by Crippen LogP contribution is 2.54. The maximum absolute atomic E-state index is 12.4. The second-order valence-corrected chi connectivity index (χ2v) is 6.57. The quantitative estimate of drug-likeness (QED) is 0.583. The topological polar surface area (TPSA) is 72.7 Å². The molecule has 2 bridgehead atoms. The van der Waals surface area contributed by atoms with Gasteiger partial charge < -0.3 is 4.74 Å². The van der Waals surface area contributed by atoms with E-state index in [0.717, 1.165) is 24.0 Å². The van der Waals surface area contributed by atoms with Gasteiger partial charge in [-0.15, -0.1) is 0 Å². The number of rotatable bonds is 1. The largest absolute Gasteiger partial charge is 0.444 e. The van der Waals surface area contributed by atoms with Crippen LogP contribution >= 0.6 is 0 Å². The predicted octanol–water partition coefficient (Wildman–Crippen LogP) is 3.72. The van der Waals surface area contributed by atoms with Crippen LogP contribution in [-0.2, 0) is 4.74 Å². The van der Waals surface area contributed by atoms with Gasteiger partial charge in [0.25, 0.3) is 5.69 Å². The molecule has 6 heteroatoms. The Hall–Kier alpha value is -2.11. The fourth-order valence-corrected chi connectivity index (χ4v) is 3.26. The Morgan fingerprint density at radius 2 is 1.90 bits per heavy atom. The van der Waals surface area contributed by atoms with E-state index >= 15 is 0 Å². The number of non-ortho nitro benzene ring substituents is 1. The fourth-order valence-electron chi connectivity index (χ4n) is 3.26. The van der Waals surface area contributed by atoms with Crippen LogP contribution in [0, 0.1) is 10.1 Å². The second kappa shape index (κ2) is 4.44. The molecule has 2 atom stereocenters. The summed E-state index contributed by atoms with van der Waals surface area (Å²) in [7, 11) is 0. The minimum atomic E-state index is -0.544. The van der Waals surface area contributed by atoms with Gasteiger partial charge in [0.15, 0.2) is 0 Å². The Bertz CT molecular complexity index is 621. The molecule has 1 amide bonds. The molecular weight excluding hydrogens is 272 g/mol. The van der Waals surface area contributed by atoms with Crippen LogP contribution in [0.5, 0.6) is 0 Å². The number of carbonyl (C=O) groups excluding carboxylic acids is 1. The highest BCUT2D eigenvalue weighted by Gasteiger charge is 2.48.